The monoisotopic (exact) mass is 311 g/mol. The van der Waals surface area contributed by atoms with E-state index in [-0.39, 0.29) is 0 Å². The summed E-state index contributed by atoms with van der Waals surface area (Å²) in [5.74, 6) is -0.0471. The molecule has 20 heavy (non-hydrogen) atoms. The molecule has 0 aliphatic heterocycles. The Morgan fingerprint density at radius 2 is 2.20 bits per heavy atom. The topological polar surface area (TPSA) is 50.2 Å². The number of esters is 1. The predicted octanol–water partition coefficient (Wildman–Crippen LogP) is 3.69. The maximum atomic E-state index is 11.7. The Bertz CT molecular complexity index is 508. The minimum atomic E-state index is -0.702. The Balaban J connectivity index is 2.15. The molecule has 0 spiro atoms. The summed E-state index contributed by atoms with van der Waals surface area (Å²) in [5.41, 5.74) is 0.854. The van der Waals surface area contributed by atoms with Gasteiger partial charge in [0.25, 0.3) is 0 Å². The Labute approximate surface area is 128 Å². The first-order valence-corrected chi connectivity index (χ1v) is 7.85. The lowest BCUT2D eigenvalue weighted by Crippen LogP contribution is -2.32. The molecule has 2 rings (SSSR count). The fraction of sp³-hybridized carbons (Fsp3) is 0.467. The van der Waals surface area contributed by atoms with E-state index >= 15 is 0 Å². The van der Waals surface area contributed by atoms with Crippen molar-refractivity contribution in [2.24, 2.45) is 5.92 Å². The lowest BCUT2D eigenvalue weighted by atomic mass is 10.2. The molecule has 108 valence electrons. The lowest BCUT2D eigenvalue weighted by molar-refractivity contribution is -0.140. The smallest absolute Gasteiger partial charge is 0.325 e. The van der Waals surface area contributed by atoms with Crippen LogP contribution in [0.2, 0.25) is 0 Å². The molecule has 5 heteroatoms. The number of thioether (sulfide) groups is 1. The van der Waals surface area contributed by atoms with Crippen molar-refractivity contribution in [2.75, 3.05) is 7.11 Å². The van der Waals surface area contributed by atoms with Gasteiger partial charge in [0.05, 0.1) is 16.9 Å². The number of benzene rings is 1. The van der Waals surface area contributed by atoms with Gasteiger partial charge < -0.3 is 4.74 Å². The molecular formula is C15H18ClNO2S. The van der Waals surface area contributed by atoms with E-state index in [4.69, 9.17) is 21.7 Å². The standard InChI is InChI=1S/C15H18ClNO2S/c1-3-11-9-15(11,12(16)14(18)19-2)20-13(17)10-7-5-4-6-8-10/h4-8,11-12,17H,3,9H2,1-2H3. The third-order valence-electron chi connectivity index (χ3n) is 3.75. The van der Waals surface area contributed by atoms with Gasteiger partial charge in [-0.1, -0.05) is 55.4 Å². The van der Waals surface area contributed by atoms with Crippen molar-refractivity contribution in [3.05, 3.63) is 35.9 Å². The van der Waals surface area contributed by atoms with E-state index in [9.17, 15) is 4.79 Å². The van der Waals surface area contributed by atoms with Crippen molar-refractivity contribution in [3.63, 3.8) is 0 Å². The van der Waals surface area contributed by atoms with Gasteiger partial charge in [0.2, 0.25) is 0 Å². The van der Waals surface area contributed by atoms with Crippen molar-refractivity contribution in [3.8, 4) is 0 Å². The number of carbonyl (C=O) groups excluding carboxylic acids is 1. The molecule has 1 N–H and O–H groups in total. The average molecular weight is 312 g/mol. The van der Waals surface area contributed by atoms with Crippen LogP contribution in [-0.4, -0.2) is 28.2 Å². The molecule has 0 amide bonds. The van der Waals surface area contributed by atoms with Crippen molar-refractivity contribution in [2.45, 2.75) is 29.9 Å². The van der Waals surface area contributed by atoms with Crippen molar-refractivity contribution >= 4 is 34.4 Å². The molecule has 3 atom stereocenters. The number of nitrogens with one attached hydrogen (secondary N) is 1. The Morgan fingerprint density at radius 3 is 2.70 bits per heavy atom. The molecule has 1 aliphatic carbocycles. The summed E-state index contributed by atoms with van der Waals surface area (Å²) in [5, 5.41) is 7.99. The number of hydrogen-bond acceptors (Lipinski definition) is 4. The van der Waals surface area contributed by atoms with Crippen molar-refractivity contribution in [1.82, 2.24) is 0 Å². The molecule has 3 unspecified atom stereocenters. The van der Waals surface area contributed by atoms with Crippen LogP contribution in [0.5, 0.6) is 0 Å². The molecule has 0 bridgehead atoms. The zero-order valence-corrected chi connectivity index (χ0v) is 13.1. The molecule has 1 aromatic rings. The number of alkyl halides is 1. The number of methoxy groups -OCH3 is 1. The quantitative estimate of drug-likeness (QED) is 0.390. The first-order chi connectivity index (χ1) is 9.55. The highest BCUT2D eigenvalue weighted by Gasteiger charge is 2.61. The Hall–Kier alpha value is -1.00. The zero-order valence-electron chi connectivity index (χ0n) is 11.6. The van der Waals surface area contributed by atoms with E-state index in [1.807, 2.05) is 30.3 Å². The SMILES string of the molecule is CCC1CC1(SC(=N)c1ccccc1)C(Cl)C(=O)OC. The minimum Gasteiger partial charge on any atom is -0.468 e. The molecule has 3 nitrogen and oxygen atoms in total. The summed E-state index contributed by atoms with van der Waals surface area (Å²) in [6, 6.07) is 9.52. The fourth-order valence-electron chi connectivity index (χ4n) is 2.44. The molecule has 0 saturated heterocycles. The second-order valence-electron chi connectivity index (χ2n) is 4.95. The third-order valence-corrected chi connectivity index (χ3v) is 6.01. The number of hydrogen-bond donors (Lipinski definition) is 1. The second kappa shape index (κ2) is 6.19. The molecular weight excluding hydrogens is 294 g/mol. The van der Waals surface area contributed by atoms with Crippen molar-refractivity contribution < 1.29 is 9.53 Å². The summed E-state index contributed by atoms with van der Waals surface area (Å²) in [6.45, 7) is 2.08. The highest BCUT2D eigenvalue weighted by Crippen LogP contribution is 2.60. The number of carbonyl (C=O) groups is 1. The third kappa shape index (κ3) is 2.86. The van der Waals surface area contributed by atoms with Gasteiger partial charge in [0.15, 0.2) is 0 Å². The molecule has 1 aliphatic rings. The van der Waals surface area contributed by atoms with Gasteiger partial charge in [0, 0.05) is 5.56 Å². The normalized spacial score (nSPS) is 25.9. The first-order valence-electron chi connectivity index (χ1n) is 6.60. The van der Waals surface area contributed by atoms with Crippen LogP contribution in [0, 0.1) is 11.3 Å². The highest BCUT2D eigenvalue weighted by molar-refractivity contribution is 8.15. The number of rotatable bonds is 5. The first kappa shape index (κ1) is 15.4. The lowest BCUT2D eigenvalue weighted by Gasteiger charge is -2.21. The van der Waals surface area contributed by atoms with E-state index in [1.54, 1.807) is 0 Å². The molecule has 1 saturated carbocycles. The van der Waals surface area contributed by atoms with Gasteiger partial charge in [-0.3, -0.25) is 10.2 Å². The van der Waals surface area contributed by atoms with Crippen LogP contribution >= 0.6 is 23.4 Å². The van der Waals surface area contributed by atoms with E-state index in [1.165, 1.54) is 18.9 Å². The molecule has 0 heterocycles. The molecule has 1 aromatic carbocycles. The van der Waals surface area contributed by atoms with Crippen LogP contribution in [0.1, 0.15) is 25.3 Å². The van der Waals surface area contributed by atoms with Crippen molar-refractivity contribution in [1.29, 1.82) is 5.41 Å². The van der Waals surface area contributed by atoms with E-state index in [2.05, 4.69) is 6.92 Å². The van der Waals surface area contributed by atoms with Gasteiger partial charge in [-0.25, -0.2) is 0 Å². The number of halogens is 1. The summed E-state index contributed by atoms with van der Waals surface area (Å²) in [6.07, 6.45) is 1.81. The zero-order chi connectivity index (χ0) is 14.8. The summed E-state index contributed by atoms with van der Waals surface area (Å²) < 4.78 is 4.37. The molecule has 0 aromatic heterocycles. The van der Waals surface area contributed by atoms with E-state index in [0.29, 0.717) is 11.0 Å². The maximum Gasteiger partial charge on any atom is 0.325 e. The van der Waals surface area contributed by atoms with Gasteiger partial charge in [-0.2, -0.15) is 0 Å². The van der Waals surface area contributed by atoms with Gasteiger partial charge in [-0.15, -0.1) is 11.6 Å². The average Bonchev–Trinajstić information content (AvgIpc) is 3.20. The summed E-state index contributed by atoms with van der Waals surface area (Å²) in [7, 11) is 1.35. The molecule has 0 radical (unpaired) electrons. The summed E-state index contributed by atoms with van der Waals surface area (Å²) >= 11 is 7.70. The van der Waals surface area contributed by atoms with Crippen LogP contribution in [-0.2, 0) is 9.53 Å². The highest BCUT2D eigenvalue weighted by atomic mass is 35.5. The largest absolute Gasteiger partial charge is 0.468 e. The molecule has 1 fully saturated rings. The van der Waals surface area contributed by atoms with Gasteiger partial charge in [-0.05, 0) is 12.3 Å². The fourth-order valence-corrected chi connectivity index (χ4v) is 4.39. The Kier molecular flexibility index (Phi) is 4.76. The van der Waals surface area contributed by atoms with Crippen LogP contribution in [0.15, 0.2) is 30.3 Å². The Morgan fingerprint density at radius 1 is 1.55 bits per heavy atom. The van der Waals surface area contributed by atoms with Crippen LogP contribution < -0.4 is 0 Å². The minimum absolute atomic E-state index is 0.359. The predicted molar refractivity (Wildman–Crippen MR) is 83.6 cm³/mol. The number of ether oxygens (including phenoxy) is 1. The second-order valence-corrected chi connectivity index (χ2v) is 6.76. The van der Waals surface area contributed by atoms with E-state index in [0.717, 1.165) is 18.4 Å². The maximum absolute atomic E-state index is 11.7. The van der Waals surface area contributed by atoms with Crippen LogP contribution in [0.4, 0.5) is 0 Å². The van der Waals surface area contributed by atoms with Crippen LogP contribution in [0.25, 0.3) is 0 Å². The van der Waals surface area contributed by atoms with E-state index < -0.39 is 16.1 Å². The van der Waals surface area contributed by atoms with Gasteiger partial charge >= 0.3 is 5.97 Å². The summed E-state index contributed by atoms with van der Waals surface area (Å²) in [4.78, 5) is 11.7. The van der Waals surface area contributed by atoms with Gasteiger partial charge in [0.1, 0.15) is 5.38 Å². The van der Waals surface area contributed by atoms with Crippen LogP contribution in [0.3, 0.4) is 0 Å².